The smallest absolute Gasteiger partial charge is 0.335 e. The summed E-state index contributed by atoms with van der Waals surface area (Å²) < 4.78 is 14.8. The molecule has 1 fully saturated rings. The topological polar surface area (TPSA) is 212 Å². The number of nitrogens with one attached hydrogen (secondary N) is 1. The first kappa shape index (κ1) is 36.9. The average Bonchev–Trinajstić information content (AvgIpc) is 3.64. The number of benzene rings is 3. The number of aromatic carboxylic acids is 1. The van der Waals surface area contributed by atoms with E-state index in [1.165, 1.54) is 51.1 Å². The molecule has 1 saturated heterocycles. The van der Waals surface area contributed by atoms with Crippen molar-refractivity contribution in [2.45, 2.75) is 43.9 Å². The maximum Gasteiger partial charge on any atom is 0.335 e. The van der Waals surface area contributed by atoms with Gasteiger partial charge in [0.2, 0.25) is 17.9 Å². The van der Waals surface area contributed by atoms with E-state index in [9.17, 15) is 38.3 Å². The predicted octanol–water partition coefficient (Wildman–Crippen LogP) is 2.80. The monoisotopic (exact) mass is 748 g/mol. The summed E-state index contributed by atoms with van der Waals surface area (Å²) in [5.41, 5.74) is 7.62. The molecule has 3 aliphatic rings. The Morgan fingerprint density at radius 2 is 1.75 bits per heavy atom. The summed E-state index contributed by atoms with van der Waals surface area (Å²) >= 11 is 5.95. The fraction of sp³-hybridized carbons (Fsp3) is 0.306. The van der Waals surface area contributed by atoms with Crippen molar-refractivity contribution >= 4 is 64.3 Å². The van der Waals surface area contributed by atoms with Gasteiger partial charge in [-0.3, -0.25) is 24.0 Å². The van der Waals surface area contributed by atoms with E-state index in [-0.39, 0.29) is 79.4 Å². The molecular weight excluding hydrogens is 715 g/mol. The lowest BCUT2D eigenvalue weighted by Gasteiger charge is -2.40. The Morgan fingerprint density at radius 1 is 1.02 bits per heavy atom. The maximum atomic E-state index is 14.8. The highest BCUT2D eigenvalue weighted by atomic mass is 35.5. The van der Waals surface area contributed by atoms with Gasteiger partial charge < -0.3 is 40.8 Å². The lowest BCUT2D eigenvalue weighted by Crippen LogP contribution is -2.53. The number of nitrogens with two attached hydrogens (primary N) is 1. The predicted molar refractivity (Wildman–Crippen MR) is 188 cm³/mol. The van der Waals surface area contributed by atoms with Crippen molar-refractivity contribution in [2.75, 3.05) is 36.4 Å². The van der Waals surface area contributed by atoms with Gasteiger partial charge in [-0.1, -0.05) is 35.0 Å². The SMILES string of the molecule is N[C@@H](CCC(=O)N1CCN(c2cccc3c2CCN(C(=O)C2CC(c4cccc(Cl)c4F)=NO2)C3C(=O)Nc2ccc(C(=O)O)cc2)C(=O)C1)C(=O)O. The van der Waals surface area contributed by atoms with Crippen LogP contribution >= 0.6 is 11.6 Å². The van der Waals surface area contributed by atoms with E-state index in [0.717, 1.165) is 0 Å². The van der Waals surface area contributed by atoms with E-state index in [2.05, 4.69) is 10.5 Å². The molecule has 6 rings (SSSR count). The quantitative estimate of drug-likeness (QED) is 0.238. The minimum absolute atomic E-state index is 0.00749. The first-order valence-corrected chi connectivity index (χ1v) is 17.0. The molecular formula is C36H34ClFN6O9. The van der Waals surface area contributed by atoms with Crippen LogP contribution in [0.5, 0.6) is 0 Å². The van der Waals surface area contributed by atoms with E-state index in [0.29, 0.717) is 16.8 Å². The fourth-order valence-electron chi connectivity index (χ4n) is 6.61. The Bertz CT molecular complexity index is 2030. The lowest BCUT2D eigenvalue weighted by atomic mass is 9.89. The maximum absolute atomic E-state index is 14.8. The van der Waals surface area contributed by atoms with Gasteiger partial charge in [0.1, 0.15) is 18.6 Å². The molecule has 15 nitrogen and oxygen atoms in total. The molecule has 276 valence electrons. The zero-order chi connectivity index (χ0) is 38.0. The highest BCUT2D eigenvalue weighted by molar-refractivity contribution is 6.31. The number of nitrogens with zero attached hydrogens (tertiary/aromatic N) is 4. The van der Waals surface area contributed by atoms with Crippen LogP contribution in [0.25, 0.3) is 0 Å². The normalized spacial score (nSPS) is 18.8. The van der Waals surface area contributed by atoms with Gasteiger partial charge in [-0.05, 0) is 66.4 Å². The van der Waals surface area contributed by atoms with Crippen LogP contribution in [0.1, 0.15) is 52.4 Å². The second kappa shape index (κ2) is 15.4. The minimum Gasteiger partial charge on any atom is -0.480 e. The average molecular weight is 749 g/mol. The highest BCUT2D eigenvalue weighted by Crippen LogP contribution is 2.38. The zero-order valence-corrected chi connectivity index (χ0v) is 28.8. The van der Waals surface area contributed by atoms with E-state index in [1.54, 1.807) is 24.3 Å². The third-order valence-electron chi connectivity index (χ3n) is 9.38. The van der Waals surface area contributed by atoms with Crippen molar-refractivity contribution < 1.29 is 48.2 Å². The molecule has 0 spiro atoms. The second-order valence-corrected chi connectivity index (χ2v) is 13.1. The highest BCUT2D eigenvalue weighted by Gasteiger charge is 2.43. The largest absolute Gasteiger partial charge is 0.480 e. The summed E-state index contributed by atoms with van der Waals surface area (Å²) in [5, 5.41) is 24.9. The van der Waals surface area contributed by atoms with E-state index < -0.39 is 59.6 Å². The van der Waals surface area contributed by atoms with Gasteiger partial charge in [-0.15, -0.1) is 0 Å². The molecule has 53 heavy (non-hydrogen) atoms. The molecule has 3 aromatic carbocycles. The molecule has 0 saturated carbocycles. The number of carbonyl (C=O) groups is 6. The first-order chi connectivity index (χ1) is 25.3. The number of amides is 4. The molecule has 3 heterocycles. The van der Waals surface area contributed by atoms with Crippen LogP contribution in [0.15, 0.2) is 65.8 Å². The number of carboxylic acid groups (broad SMARTS) is 2. The van der Waals surface area contributed by atoms with Crippen molar-refractivity contribution in [3.05, 3.63) is 93.8 Å². The van der Waals surface area contributed by atoms with Gasteiger partial charge in [-0.2, -0.15) is 0 Å². The molecule has 0 bridgehead atoms. The molecule has 0 aromatic heterocycles. The summed E-state index contributed by atoms with van der Waals surface area (Å²) in [5.74, 6) is -5.08. The zero-order valence-electron chi connectivity index (χ0n) is 28.0. The molecule has 3 aromatic rings. The summed E-state index contributed by atoms with van der Waals surface area (Å²) in [4.78, 5) is 86.6. The van der Waals surface area contributed by atoms with Crippen LogP contribution in [0.3, 0.4) is 0 Å². The molecule has 2 unspecified atom stereocenters. The number of carbonyl (C=O) groups excluding carboxylic acids is 4. The minimum atomic E-state index is -1.24. The van der Waals surface area contributed by atoms with Crippen LogP contribution in [-0.4, -0.2) is 99.6 Å². The van der Waals surface area contributed by atoms with Crippen molar-refractivity contribution in [1.82, 2.24) is 9.80 Å². The van der Waals surface area contributed by atoms with Crippen LogP contribution in [0.2, 0.25) is 5.02 Å². The van der Waals surface area contributed by atoms with Gasteiger partial charge in [-0.25, -0.2) is 9.18 Å². The number of rotatable bonds is 10. The number of anilines is 2. The number of fused-ring (bicyclic) bond motifs is 1. The number of aliphatic carboxylic acids is 1. The van der Waals surface area contributed by atoms with Crippen LogP contribution in [0, 0.1) is 5.82 Å². The number of carboxylic acids is 2. The van der Waals surface area contributed by atoms with Gasteiger partial charge in [0.05, 0.1) is 16.3 Å². The van der Waals surface area contributed by atoms with Crippen LogP contribution in [0.4, 0.5) is 15.8 Å². The van der Waals surface area contributed by atoms with Crippen molar-refractivity contribution in [2.24, 2.45) is 10.9 Å². The van der Waals surface area contributed by atoms with Gasteiger partial charge in [0.15, 0.2) is 5.82 Å². The van der Waals surface area contributed by atoms with E-state index in [4.69, 9.17) is 27.3 Å². The van der Waals surface area contributed by atoms with Crippen molar-refractivity contribution in [1.29, 1.82) is 0 Å². The van der Waals surface area contributed by atoms with E-state index in [1.807, 2.05) is 0 Å². The van der Waals surface area contributed by atoms with Gasteiger partial charge in [0, 0.05) is 49.4 Å². The van der Waals surface area contributed by atoms with Crippen LogP contribution < -0.4 is 16.0 Å². The molecule has 5 N–H and O–H groups in total. The van der Waals surface area contributed by atoms with Gasteiger partial charge in [0.25, 0.3) is 11.8 Å². The molecule has 17 heteroatoms. The standard InChI is InChI=1S/C36H34ClFN6O9/c37-24-5-1-4-23(31(24)38)26-17-28(53-41-26)34(48)44-14-13-21-22(32(44)33(47)40-20-9-7-19(8-10-20)35(49)50)3-2-6-27(21)43-16-15-42(18-30(43)46)29(45)12-11-25(39)36(51)52/h1-10,25,28,32H,11-18,39H2,(H,40,47)(H,49,50)(H,51,52)/t25-,28?,32?/m0/s1. The Morgan fingerprint density at radius 3 is 2.45 bits per heavy atom. The van der Waals surface area contributed by atoms with Crippen molar-refractivity contribution in [3.63, 3.8) is 0 Å². The second-order valence-electron chi connectivity index (χ2n) is 12.7. The number of halogens is 2. The Kier molecular flexibility index (Phi) is 10.7. The first-order valence-electron chi connectivity index (χ1n) is 16.6. The van der Waals surface area contributed by atoms with Gasteiger partial charge >= 0.3 is 11.9 Å². The molecule has 0 aliphatic carbocycles. The fourth-order valence-corrected chi connectivity index (χ4v) is 6.79. The van der Waals surface area contributed by atoms with E-state index >= 15 is 0 Å². The molecule has 4 amide bonds. The molecule has 3 aliphatic heterocycles. The lowest BCUT2D eigenvalue weighted by molar-refractivity contribution is -0.148. The van der Waals surface area contributed by atoms with Crippen LogP contribution in [-0.2, 0) is 35.2 Å². The summed E-state index contributed by atoms with van der Waals surface area (Å²) in [7, 11) is 0. The summed E-state index contributed by atoms with van der Waals surface area (Å²) in [6.45, 7) is 0.0693. The summed E-state index contributed by atoms with van der Waals surface area (Å²) in [6.07, 6.45) is -1.25. The third-order valence-corrected chi connectivity index (χ3v) is 9.68. The number of oxime groups is 1. The molecule has 0 radical (unpaired) electrons. The summed E-state index contributed by atoms with van der Waals surface area (Å²) in [6, 6.07) is 12.5. The third kappa shape index (κ3) is 7.68. The Balaban J connectivity index is 1.26. The number of piperazine rings is 1. The molecule has 3 atom stereocenters. The number of hydrogen-bond acceptors (Lipinski definition) is 9. The Labute approximate surface area is 306 Å². The Hall–Kier alpha value is -5.87. The number of hydrogen-bond donors (Lipinski definition) is 4. The van der Waals surface area contributed by atoms with Crippen molar-refractivity contribution in [3.8, 4) is 0 Å².